The van der Waals surface area contributed by atoms with Gasteiger partial charge < -0.3 is 10.6 Å². The maximum absolute atomic E-state index is 12.5. The normalized spacial score (nSPS) is 11.3. The highest BCUT2D eigenvalue weighted by molar-refractivity contribution is 7.80. The van der Waals surface area contributed by atoms with Crippen LogP contribution < -0.4 is 5.73 Å². The van der Waals surface area contributed by atoms with E-state index in [1.807, 2.05) is 19.2 Å². The predicted octanol–water partition coefficient (Wildman–Crippen LogP) is 2.19. The van der Waals surface area contributed by atoms with Crippen LogP contribution in [-0.4, -0.2) is 27.8 Å². The van der Waals surface area contributed by atoms with E-state index in [0.29, 0.717) is 19.4 Å². The minimum Gasteiger partial charge on any atom is -0.392 e. The summed E-state index contributed by atoms with van der Waals surface area (Å²) in [6.07, 6.45) is 1.25. The highest BCUT2D eigenvalue weighted by Gasteiger charge is 2.40. The molecule has 1 amide bonds. The van der Waals surface area contributed by atoms with Crippen molar-refractivity contribution in [2.75, 3.05) is 7.05 Å². The van der Waals surface area contributed by atoms with Crippen molar-refractivity contribution in [1.29, 1.82) is 0 Å². The SMILES string of the molecule is CCC(CC)(C(=O)N(C)Cc1cscn1)C(N)=S. The summed E-state index contributed by atoms with van der Waals surface area (Å²) in [5, 5.41) is 1.93. The molecule has 1 aromatic rings. The fourth-order valence-electron chi connectivity index (χ4n) is 2.00. The lowest BCUT2D eigenvalue weighted by molar-refractivity contribution is -0.137. The van der Waals surface area contributed by atoms with Gasteiger partial charge in [0.2, 0.25) is 5.91 Å². The van der Waals surface area contributed by atoms with Crippen LogP contribution in [0.2, 0.25) is 0 Å². The van der Waals surface area contributed by atoms with Gasteiger partial charge in [-0.25, -0.2) is 4.98 Å². The fourth-order valence-corrected chi connectivity index (χ4v) is 2.93. The van der Waals surface area contributed by atoms with Crippen molar-refractivity contribution < 1.29 is 4.79 Å². The zero-order valence-electron chi connectivity index (χ0n) is 11.0. The minimum absolute atomic E-state index is 0.0204. The first-order valence-electron chi connectivity index (χ1n) is 5.90. The van der Waals surface area contributed by atoms with Crippen molar-refractivity contribution in [3.63, 3.8) is 0 Å². The molecule has 1 heterocycles. The van der Waals surface area contributed by atoms with Crippen LogP contribution in [0.3, 0.4) is 0 Å². The number of nitrogens with zero attached hydrogens (tertiary/aromatic N) is 2. The number of amides is 1. The van der Waals surface area contributed by atoms with E-state index >= 15 is 0 Å². The Morgan fingerprint density at radius 1 is 1.56 bits per heavy atom. The van der Waals surface area contributed by atoms with Crippen molar-refractivity contribution in [1.82, 2.24) is 9.88 Å². The number of aromatic nitrogens is 1. The lowest BCUT2D eigenvalue weighted by Crippen LogP contribution is -2.48. The first-order chi connectivity index (χ1) is 8.47. The van der Waals surface area contributed by atoms with Gasteiger partial charge in [0.25, 0.3) is 0 Å². The average Bonchev–Trinajstić information content (AvgIpc) is 2.83. The number of carbonyl (C=O) groups is 1. The standard InChI is InChI=1S/C12H19N3OS2/c1-4-12(5-2,10(13)17)11(16)15(3)6-9-7-18-8-14-9/h7-8H,4-6H2,1-3H3,(H2,13,17). The second-order valence-electron chi connectivity index (χ2n) is 4.29. The molecule has 0 aliphatic carbocycles. The van der Waals surface area contributed by atoms with Gasteiger partial charge in [-0.1, -0.05) is 26.1 Å². The van der Waals surface area contributed by atoms with Crippen LogP contribution in [0, 0.1) is 5.41 Å². The van der Waals surface area contributed by atoms with E-state index in [4.69, 9.17) is 18.0 Å². The third kappa shape index (κ3) is 2.87. The molecule has 6 heteroatoms. The van der Waals surface area contributed by atoms with E-state index in [-0.39, 0.29) is 10.9 Å². The summed E-state index contributed by atoms with van der Waals surface area (Å²) in [6, 6.07) is 0. The molecule has 0 aliphatic rings. The van der Waals surface area contributed by atoms with E-state index < -0.39 is 5.41 Å². The lowest BCUT2D eigenvalue weighted by Gasteiger charge is -2.33. The topological polar surface area (TPSA) is 59.2 Å². The molecular weight excluding hydrogens is 266 g/mol. The second-order valence-corrected chi connectivity index (χ2v) is 5.45. The average molecular weight is 285 g/mol. The smallest absolute Gasteiger partial charge is 0.235 e. The zero-order chi connectivity index (χ0) is 13.8. The molecule has 100 valence electrons. The largest absolute Gasteiger partial charge is 0.392 e. The zero-order valence-corrected chi connectivity index (χ0v) is 12.6. The Balaban J connectivity index is 2.86. The summed E-state index contributed by atoms with van der Waals surface area (Å²) in [7, 11) is 1.76. The summed E-state index contributed by atoms with van der Waals surface area (Å²) in [5.74, 6) is -0.0204. The molecule has 4 nitrogen and oxygen atoms in total. The van der Waals surface area contributed by atoms with Gasteiger partial charge in [0, 0.05) is 12.4 Å². The molecule has 0 atom stereocenters. The molecule has 0 saturated carbocycles. The third-order valence-electron chi connectivity index (χ3n) is 3.32. The van der Waals surface area contributed by atoms with Crippen molar-refractivity contribution in [2.24, 2.45) is 11.1 Å². The Morgan fingerprint density at radius 2 is 2.17 bits per heavy atom. The highest BCUT2D eigenvalue weighted by Crippen LogP contribution is 2.29. The number of thiazole rings is 1. The summed E-state index contributed by atoms with van der Waals surface area (Å²) >= 11 is 6.61. The van der Waals surface area contributed by atoms with Crippen LogP contribution in [0.1, 0.15) is 32.4 Å². The molecule has 0 radical (unpaired) electrons. The van der Waals surface area contributed by atoms with E-state index in [1.54, 1.807) is 17.5 Å². The summed E-state index contributed by atoms with van der Waals surface area (Å²) in [6.45, 7) is 4.38. The van der Waals surface area contributed by atoms with Gasteiger partial charge >= 0.3 is 0 Å². The Morgan fingerprint density at radius 3 is 2.56 bits per heavy atom. The van der Waals surface area contributed by atoms with Crippen molar-refractivity contribution in [2.45, 2.75) is 33.2 Å². The van der Waals surface area contributed by atoms with Crippen LogP contribution >= 0.6 is 23.6 Å². The number of hydrogen-bond acceptors (Lipinski definition) is 4. The van der Waals surface area contributed by atoms with E-state index in [0.717, 1.165) is 5.69 Å². The molecule has 0 unspecified atom stereocenters. The minimum atomic E-state index is -0.722. The molecule has 0 aliphatic heterocycles. The molecule has 2 N–H and O–H groups in total. The van der Waals surface area contributed by atoms with Crippen LogP contribution in [0.15, 0.2) is 10.9 Å². The van der Waals surface area contributed by atoms with Gasteiger partial charge in [0.05, 0.1) is 28.2 Å². The van der Waals surface area contributed by atoms with E-state index in [1.165, 1.54) is 11.3 Å². The first-order valence-corrected chi connectivity index (χ1v) is 7.25. The molecule has 18 heavy (non-hydrogen) atoms. The van der Waals surface area contributed by atoms with Crippen molar-refractivity contribution in [3.05, 3.63) is 16.6 Å². The van der Waals surface area contributed by atoms with Gasteiger partial charge in [-0.2, -0.15) is 0 Å². The Labute approximate surface area is 117 Å². The predicted molar refractivity (Wildman–Crippen MR) is 78.4 cm³/mol. The van der Waals surface area contributed by atoms with Crippen molar-refractivity contribution in [3.8, 4) is 0 Å². The van der Waals surface area contributed by atoms with Gasteiger partial charge in [-0.15, -0.1) is 11.3 Å². The van der Waals surface area contributed by atoms with Crippen LogP contribution in [0.25, 0.3) is 0 Å². The number of thiocarbonyl (C=S) groups is 1. The number of hydrogen-bond donors (Lipinski definition) is 1. The van der Waals surface area contributed by atoms with Gasteiger partial charge in [-0.3, -0.25) is 4.79 Å². The Bertz CT molecular complexity index is 413. The molecule has 0 bridgehead atoms. The van der Waals surface area contributed by atoms with Gasteiger partial charge in [0.15, 0.2) is 0 Å². The van der Waals surface area contributed by atoms with Crippen LogP contribution in [0.5, 0.6) is 0 Å². The highest BCUT2D eigenvalue weighted by atomic mass is 32.1. The lowest BCUT2D eigenvalue weighted by atomic mass is 9.81. The van der Waals surface area contributed by atoms with Crippen LogP contribution in [-0.2, 0) is 11.3 Å². The summed E-state index contributed by atoms with van der Waals surface area (Å²) in [4.78, 5) is 18.6. The van der Waals surface area contributed by atoms with Crippen LogP contribution in [0.4, 0.5) is 0 Å². The molecule has 0 saturated heterocycles. The number of carbonyl (C=O) groups excluding carboxylic acids is 1. The monoisotopic (exact) mass is 285 g/mol. The molecule has 0 aromatic carbocycles. The molecule has 0 fully saturated rings. The maximum atomic E-state index is 12.5. The van der Waals surface area contributed by atoms with E-state index in [9.17, 15) is 4.79 Å². The number of nitrogens with two attached hydrogens (primary N) is 1. The van der Waals surface area contributed by atoms with Gasteiger partial charge in [-0.05, 0) is 12.8 Å². The molecule has 1 rings (SSSR count). The summed E-state index contributed by atoms with van der Waals surface area (Å²) < 4.78 is 0. The fraction of sp³-hybridized carbons (Fsp3) is 0.583. The molecule has 0 spiro atoms. The first kappa shape index (κ1) is 15.0. The number of rotatable bonds is 6. The Hall–Kier alpha value is -1.01. The molecular formula is C12H19N3OS2. The Kier molecular flexibility index (Phi) is 5.22. The quantitative estimate of drug-likeness (QED) is 0.814. The second kappa shape index (κ2) is 6.24. The van der Waals surface area contributed by atoms with E-state index in [2.05, 4.69) is 4.98 Å². The maximum Gasteiger partial charge on any atom is 0.235 e. The van der Waals surface area contributed by atoms with Gasteiger partial charge in [0.1, 0.15) is 0 Å². The van der Waals surface area contributed by atoms with Crippen molar-refractivity contribution >= 4 is 34.5 Å². The third-order valence-corrected chi connectivity index (χ3v) is 4.34. The summed E-state index contributed by atoms with van der Waals surface area (Å²) in [5.41, 5.74) is 7.70. The molecule has 1 aromatic heterocycles.